The predicted octanol–water partition coefficient (Wildman–Crippen LogP) is 1.85. The van der Waals surface area contributed by atoms with Gasteiger partial charge in [0, 0.05) is 24.8 Å². The second-order valence-electron chi connectivity index (χ2n) is 9.23. The molecule has 1 N–H and O–H groups in total. The van der Waals surface area contributed by atoms with Crippen molar-refractivity contribution in [2.75, 3.05) is 18.1 Å². The van der Waals surface area contributed by atoms with E-state index in [1.54, 1.807) is 43.5 Å². The lowest BCUT2D eigenvalue weighted by Crippen LogP contribution is -2.55. The van der Waals surface area contributed by atoms with E-state index in [9.17, 15) is 19.5 Å². The molecule has 8 heteroatoms. The van der Waals surface area contributed by atoms with Crippen molar-refractivity contribution in [3.63, 3.8) is 0 Å². The summed E-state index contributed by atoms with van der Waals surface area (Å²) >= 11 is 0. The molecule has 1 aromatic carbocycles. The quantitative estimate of drug-likeness (QED) is 0.730. The number of aromatic nitrogens is 1. The summed E-state index contributed by atoms with van der Waals surface area (Å²) in [4.78, 5) is 39.3. The molecular formula is C23H28N2O6. The number of carbonyl (C=O) groups is 2. The van der Waals surface area contributed by atoms with Crippen LogP contribution in [0.5, 0.6) is 0 Å². The van der Waals surface area contributed by atoms with Crippen molar-refractivity contribution in [3.05, 3.63) is 40.7 Å². The third-order valence-corrected chi connectivity index (χ3v) is 5.48. The highest BCUT2D eigenvalue weighted by molar-refractivity contribution is 6.01. The van der Waals surface area contributed by atoms with E-state index in [4.69, 9.17) is 9.47 Å². The molecule has 2 atom stereocenters. The first kappa shape index (κ1) is 21.5. The molecule has 2 aliphatic rings. The molecule has 1 amide bonds. The van der Waals surface area contributed by atoms with Gasteiger partial charge in [0.25, 0.3) is 11.5 Å². The summed E-state index contributed by atoms with van der Waals surface area (Å²) in [6, 6.07) is 8.84. The molecule has 1 aliphatic heterocycles. The van der Waals surface area contributed by atoms with Gasteiger partial charge in [0.05, 0.1) is 12.1 Å². The first-order valence-corrected chi connectivity index (χ1v) is 10.6. The van der Waals surface area contributed by atoms with E-state index in [2.05, 4.69) is 0 Å². The lowest BCUT2D eigenvalue weighted by molar-refractivity contribution is -0.177. The Hall–Kier alpha value is -2.71. The number of benzene rings is 1. The van der Waals surface area contributed by atoms with Crippen molar-refractivity contribution in [2.24, 2.45) is 5.92 Å². The number of anilines is 1. The lowest BCUT2D eigenvalue weighted by Gasteiger charge is -2.34. The average molecular weight is 428 g/mol. The van der Waals surface area contributed by atoms with E-state index >= 15 is 0 Å². The number of esters is 1. The van der Waals surface area contributed by atoms with Crippen LogP contribution in [0, 0.1) is 5.92 Å². The second kappa shape index (κ2) is 8.09. The number of fused-ring (bicyclic) bond motifs is 1. The van der Waals surface area contributed by atoms with Crippen molar-refractivity contribution in [1.82, 2.24) is 4.57 Å². The number of aliphatic hydroxyl groups excluding tert-OH is 1. The highest BCUT2D eigenvalue weighted by Crippen LogP contribution is 2.32. The first-order valence-electron chi connectivity index (χ1n) is 10.6. The van der Waals surface area contributed by atoms with Crippen molar-refractivity contribution < 1.29 is 24.2 Å². The van der Waals surface area contributed by atoms with E-state index in [0.717, 1.165) is 23.7 Å². The lowest BCUT2D eigenvalue weighted by atomic mass is 10.1. The Labute approximate surface area is 180 Å². The standard InChI is InChI=1S/C23H28N2O6/c1-23(2,3)31-22(29)19(27)20-21(28)24(10-11-30-20)16-8-6-15-7-9-18(26)25(17(15)12-16)13-14-4-5-14/h6-9,12,14,19-20,27H,4-5,10-11,13H2,1-3H3/t19-,20-/m1/s1. The molecular weight excluding hydrogens is 400 g/mol. The van der Waals surface area contributed by atoms with Gasteiger partial charge in [0.15, 0.2) is 12.2 Å². The summed E-state index contributed by atoms with van der Waals surface area (Å²) in [7, 11) is 0. The van der Waals surface area contributed by atoms with Gasteiger partial charge >= 0.3 is 5.97 Å². The van der Waals surface area contributed by atoms with Crippen molar-refractivity contribution in [1.29, 1.82) is 0 Å². The van der Waals surface area contributed by atoms with E-state index < -0.39 is 29.7 Å². The van der Waals surface area contributed by atoms with Gasteiger partial charge in [-0.25, -0.2) is 4.79 Å². The minimum Gasteiger partial charge on any atom is -0.458 e. The normalized spacial score (nSPS) is 20.7. The fraction of sp³-hybridized carbons (Fsp3) is 0.522. The van der Waals surface area contributed by atoms with Gasteiger partial charge < -0.3 is 24.0 Å². The SMILES string of the molecule is CC(C)(C)OC(=O)[C@H](O)[C@H]1OCCN(c2ccc3ccc(=O)n(CC4CC4)c3c2)C1=O. The van der Waals surface area contributed by atoms with Crippen molar-refractivity contribution in [2.45, 2.75) is 58.0 Å². The molecule has 0 radical (unpaired) electrons. The Kier molecular flexibility index (Phi) is 5.61. The van der Waals surface area contributed by atoms with Crippen LogP contribution in [0.4, 0.5) is 5.69 Å². The fourth-order valence-corrected chi connectivity index (χ4v) is 3.77. The van der Waals surface area contributed by atoms with Crippen LogP contribution < -0.4 is 10.5 Å². The monoisotopic (exact) mass is 428 g/mol. The molecule has 1 aromatic heterocycles. The zero-order valence-corrected chi connectivity index (χ0v) is 18.0. The van der Waals surface area contributed by atoms with E-state index in [1.165, 1.54) is 4.90 Å². The largest absolute Gasteiger partial charge is 0.458 e. The number of ether oxygens (including phenoxy) is 2. The van der Waals surface area contributed by atoms with E-state index in [1.807, 2.05) is 12.1 Å². The molecule has 0 spiro atoms. The van der Waals surface area contributed by atoms with Gasteiger partial charge in [0.1, 0.15) is 5.60 Å². The molecule has 0 unspecified atom stereocenters. The molecule has 31 heavy (non-hydrogen) atoms. The van der Waals surface area contributed by atoms with Gasteiger partial charge in [-0.1, -0.05) is 6.07 Å². The summed E-state index contributed by atoms with van der Waals surface area (Å²) in [6.45, 7) is 6.16. The van der Waals surface area contributed by atoms with E-state index in [0.29, 0.717) is 18.2 Å². The van der Waals surface area contributed by atoms with Gasteiger partial charge in [-0.2, -0.15) is 0 Å². The maximum absolute atomic E-state index is 13.1. The molecule has 2 heterocycles. The summed E-state index contributed by atoms with van der Waals surface area (Å²) in [6.07, 6.45) is -0.824. The molecule has 1 aliphatic carbocycles. The van der Waals surface area contributed by atoms with Crippen molar-refractivity contribution >= 4 is 28.5 Å². The third-order valence-electron chi connectivity index (χ3n) is 5.48. The number of rotatable bonds is 5. The summed E-state index contributed by atoms with van der Waals surface area (Å²) in [5.41, 5.74) is 0.500. The summed E-state index contributed by atoms with van der Waals surface area (Å²) < 4.78 is 12.4. The fourth-order valence-electron chi connectivity index (χ4n) is 3.77. The molecule has 4 rings (SSSR count). The molecule has 2 fully saturated rings. The smallest absolute Gasteiger partial charge is 0.338 e. The van der Waals surface area contributed by atoms with Crippen LogP contribution in [0.1, 0.15) is 33.6 Å². The Morgan fingerprint density at radius 3 is 2.61 bits per heavy atom. The van der Waals surface area contributed by atoms with Crippen LogP contribution >= 0.6 is 0 Å². The number of nitrogens with zero attached hydrogens (tertiary/aromatic N) is 2. The van der Waals surface area contributed by atoms with Gasteiger partial charge in [-0.05, 0) is 63.1 Å². The minimum atomic E-state index is -1.72. The van der Waals surface area contributed by atoms with Crippen LogP contribution in [0.3, 0.4) is 0 Å². The maximum Gasteiger partial charge on any atom is 0.338 e. The minimum absolute atomic E-state index is 0.0666. The summed E-state index contributed by atoms with van der Waals surface area (Å²) in [5.74, 6) is -0.897. The van der Waals surface area contributed by atoms with Crippen LogP contribution in [-0.4, -0.2) is 52.5 Å². The molecule has 2 aromatic rings. The Bertz CT molecular complexity index is 1070. The van der Waals surface area contributed by atoms with E-state index in [-0.39, 0.29) is 18.7 Å². The number of hydrogen-bond acceptors (Lipinski definition) is 6. The average Bonchev–Trinajstić information content (AvgIpc) is 3.52. The molecule has 166 valence electrons. The Morgan fingerprint density at radius 1 is 1.23 bits per heavy atom. The molecule has 1 saturated carbocycles. The number of hydrogen-bond donors (Lipinski definition) is 1. The Balaban J connectivity index is 1.62. The molecule has 8 nitrogen and oxygen atoms in total. The maximum atomic E-state index is 13.1. The van der Waals surface area contributed by atoms with Crippen LogP contribution in [0.15, 0.2) is 35.1 Å². The number of aliphatic hydroxyl groups is 1. The zero-order valence-electron chi connectivity index (χ0n) is 18.0. The highest BCUT2D eigenvalue weighted by Gasteiger charge is 2.41. The first-order chi connectivity index (χ1) is 14.6. The number of pyridine rings is 1. The highest BCUT2D eigenvalue weighted by atomic mass is 16.6. The second-order valence-corrected chi connectivity index (χ2v) is 9.23. The Morgan fingerprint density at radius 2 is 1.94 bits per heavy atom. The molecule has 1 saturated heterocycles. The van der Waals surface area contributed by atoms with Crippen LogP contribution in [0.25, 0.3) is 10.9 Å². The summed E-state index contributed by atoms with van der Waals surface area (Å²) in [5, 5.41) is 11.3. The number of carbonyl (C=O) groups excluding carboxylic acids is 2. The van der Waals surface area contributed by atoms with Crippen molar-refractivity contribution in [3.8, 4) is 0 Å². The number of morpholine rings is 1. The zero-order chi connectivity index (χ0) is 22.3. The third kappa shape index (κ3) is 4.65. The molecule has 0 bridgehead atoms. The van der Waals surface area contributed by atoms with Gasteiger partial charge in [-0.15, -0.1) is 0 Å². The van der Waals surface area contributed by atoms with Gasteiger partial charge in [0.2, 0.25) is 0 Å². The van der Waals surface area contributed by atoms with Crippen LogP contribution in [-0.2, 0) is 25.6 Å². The van der Waals surface area contributed by atoms with Crippen LogP contribution in [0.2, 0.25) is 0 Å². The topological polar surface area (TPSA) is 98.1 Å². The predicted molar refractivity (Wildman–Crippen MR) is 115 cm³/mol. The van der Waals surface area contributed by atoms with Gasteiger partial charge in [-0.3, -0.25) is 9.59 Å². The number of amides is 1.